The molecule has 108 valence electrons. The Morgan fingerprint density at radius 2 is 2.15 bits per heavy atom. The molecule has 2 N–H and O–H groups in total. The van der Waals surface area contributed by atoms with Crippen LogP contribution in [0, 0.1) is 0 Å². The van der Waals surface area contributed by atoms with E-state index in [1.807, 2.05) is 0 Å². The molecule has 2 aromatic heterocycles. The zero-order chi connectivity index (χ0) is 14.5. The van der Waals surface area contributed by atoms with E-state index in [2.05, 4.69) is 28.7 Å². The number of H-pyrrole nitrogens is 1. The van der Waals surface area contributed by atoms with Crippen molar-refractivity contribution < 1.29 is 14.6 Å². The highest BCUT2D eigenvalue weighted by molar-refractivity contribution is 6.01. The fourth-order valence-corrected chi connectivity index (χ4v) is 2.04. The first-order valence-corrected chi connectivity index (χ1v) is 6.72. The molecule has 0 aliphatic heterocycles. The molecule has 0 unspecified atom stereocenters. The van der Waals surface area contributed by atoms with Crippen LogP contribution < -0.4 is 4.74 Å². The molecule has 0 radical (unpaired) electrons. The Morgan fingerprint density at radius 3 is 2.80 bits per heavy atom. The molecule has 0 amide bonds. The Balaban J connectivity index is 2.07. The van der Waals surface area contributed by atoms with Crippen molar-refractivity contribution in [3.63, 3.8) is 0 Å². The average molecular weight is 277 g/mol. The number of aromatic amines is 1. The molecule has 0 spiro atoms. The molecule has 0 saturated carbocycles. The minimum absolute atomic E-state index is 0.161. The first kappa shape index (κ1) is 14.3. The Labute approximate surface area is 117 Å². The molecule has 20 heavy (non-hydrogen) atoms. The maximum atomic E-state index is 11.1. The Kier molecular flexibility index (Phi) is 4.57. The van der Waals surface area contributed by atoms with Gasteiger partial charge in [-0.05, 0) is 19.2 Å². The molecule has 2 heterocycles. The summed E-state index contributed by atoms with van der Waals surface area (Å²) in [6.07, 6.45) is 1.44. The molecular weight excluding hydrogens is 258 g/mol. The van der Waals surface area contributed by atoms with E-state index in [1.165, 1.54) is 6.20 Å². The summed E-state index contributed by atoms with van der Waals surface area (Å²) in [6.45, 7) is 7.53. The smallest absolute Gasteiger partial charge is 0.339 e. The number of likely N-dealkylation sites (N-methyl/N-ethyl adjacent to an activating group) is 1. The summed E-state index contributed by atoms with van der Waals surface area (Å²) in [5.41, 5.74) is 1.28. The van der Waals surface area contributed by atoms with E-state index in [0.717, 1.165) is 19.6 Å². The van der Waals surface area contributed by atoms with Gasteiger partial charge in [-0.25, -0.2) is 9.78 Å². The Morgan fingerprint density at radius 1 is 1.40 bits per heavy atom. The summed E-state index contributed by atoms with van der Waals surface area (Å²) in [5.74, 6) is -0.546. The van der Waals surface area contributed by atoms with Crippen molar-refractivity contribution in [2.75, 3.05) is 26.2 Å². The predicted molar refractivity (Wildman–Crippen MR) is 76.3 cm³/mol. The second kappa shape index (κ2) is 6.38. The monoisotopic (exact) mass is 277 g/mol. The van der Waals surface area contributed by atoms with Crippen LogP contribution in [-0.4, -0.2) is 52.2 Å². The largest absolute Gasteiger partial charge is 0.478 e. The molecule has 2 rings (SSSR count). The van der Waals surface area contributed by atoms with Gasteiger partial charge in [0.25, 0.3) is 0 Å². The first-order valence-electron chi connectivity index (χ1n) is 6.72. The zero-order valence-electron chi connectivity index (χ0n) is 11.7. The van der Waals surface area contributed by atoms with Gasteiger partial charge in [0.2, 0.25) is 5.88 Å². The highest BCUT2D eigenvalue weighted by Gasteiger charge is 2.12. The number of hydrogen-bond donors (Lipinski definition) is 2. The number of aromatic carboxylic acids is 1. The molecule has 0 aromatic carbocycles. The molecule has 0 saturated heterocycles. The van der Waals surface area contributed by atoms with Crippen LogP contribution >= 0.6 is 0 Å². The normalized spacial score (nSPS) is 11.2. The molecule has 0 aliphatic rings. The second-order valence-corrected chi connectivity index (χ2v) is 4.43. The van der Waals surface area contributed by atoms with E-state index in [-0.39, 0.29) is 5.56 Å². The standard InChI is InChI=1S/C14H19N3O3/c1-3-17(4-2)7-8-20-12-6-5-11-13(16-12)10(9-15-11)14(18)19/h5-6,9,15H,3-4,7-8H2,1-2H3,(H,18,19). The zero-order valence-corrected chi connectivity index (χ0v) is 11.7. The van der Waals surface area contributed by atoms with Gasteiger partial charge in [0.05, 0.1) is 5.52 Å². The number of carboxylic acid groups (broad SMARTS) is 1. The lowest BCUT2D eigenvalue weighted by Gasteiger charge is -2.17. The molecule has 6 nitrogen and oxygen atoms in total. The molecule has 0 aliphatic carbocycles. The maximum Gasteiger partial charge on any atom is 0.339 e. The number of carbonyl (C=O) groups is 1. The summed E-state index contributed by atoms with van der Waals surface area (Å²) < 4.78 is 5.59. The van der Waals surface area contributed by atoms with Crippen LogP contribution in [0.25, 0.3) is 11.0 Å². The summed E-state index contributed by atoms with van der Waals surface area (Å²) in [5, 5.41) is 9.07. The van der Waals surface area contributed by atoms with Gasteiger partial charge in [-0.15, -0.1) is 0 Å². The van der Waals surface area contributed by atoms with Crippen LogP contribution in [0.15, 0.2) is 18.3 Å². The predicted octanol–water partition coefficient (Wildman–Crippen LogP) is 1.98. The molecule has 2 aromatic rings. The number of hydrogen-bond acceptors (Lipinski definition) is 4. The third-order valence-electron chi connectivity index (χ3n) is 3.28. The summed E-state index contributed by atoms with van der Waals surface area (Å²) in [7, 11) is 0. The lowest BCUT2D eigenvalue weighted by Crippen LogP contribution is -2.28. The van der Waals surface area contributed by atoms with Crippen molar-refractivity contribution in [1.29, 1.82) is 0 Å². The lowest BCUT2D eigenvalue weighted by molar-refractivity contribution is 0.0699. The van der Waals surface area contributed by atoms with Crippen LogP contribution in [0.2, 0.25) is 0 Å². The topological polar surface area (TPSA) is 78.5 Å². The van der Waals surface area contributed by atoms with Gasteiger partial charge in [-0.3, -0.25) is 0 Å². The van der Waals surface area contributed by atoms with Gasteiger partial charge < -0.3 is 19.7 Å². The SMILES string of the molecule is CCN(CC)CCOc1ccc2[nH]cc(C(=O)O)c2n1. The van der Waals surface area contributed by atoms with Crippen molar-refractivity contribution in [3.8, 4) is 5.88 Å². The number of pyridine rings is 1. The maximum absolute atomic E-state index is 11.1. The van der Waals surface area contributed by atoms with Crippen molar-refractivity contribution >= 4 is 17.0 Å². The van der Waals surface area contributed by atoms with E-state index >= 15 is 0 Å². The third kappa shape index (κ3) is 3.08. The van der Waals surface area contributed by atoms with Gasteiger partial charge in [-0.2, -0.15) is 0 Å². The van der Waals surface area contributed by atoms with Crippen LogP contribution in [0.1, 0.15) is 24.2 Å². The minimum Gasteiger partial charge on any atom is -0.478 e. The quantitative estimate of drug-likeness (QED) is 0.809. The van der Waals surface area contributed by atoms with Gasteiger partial charge in [-0.1, -0.05) is 13.8 Å². The van der Waals surface area contributed by atoms with Crippen LogP contribution in [0.3, 0.4) is 0 Å². The highest BCUT2D eigenvalue weighted by atomic mass is 16.5. The Hall–Kier alpha value is -2.08. The summed E-state index contributed by atoms with van der Waals surface area (Å²) in [6, 6.07) is 3.52. The number of aromatic nitrogens is 2. The van der Waals surface area contributed by atoms with Crippen molar-refractivity contribution in [3.05, 3.63) is 23.9 Å². The van der Waals surface area contributed by atoms with Gasteiger partial charge in [0.15, 0.2) is 0 Å². The molecular formula is C14H19N3O3. The minimum atomic E-state index is -0.996. The molecule has 6 heteroatoms. The van der Waals surface area contributed by atoms with Crippen LogP contribution in [0.5, 0.6) is 5.88 Å². The van der Waals surface area contributed by atoms with Crippen molar-refractivity contribution in [2.45, 2.75) is 13.8 Å². The number of carboxylic acids is 1. The summed E-state index contributed by atoms with van der Waals surface area (Å²) >= 11 is 0. The number of ether oxygens (including phenoxy) is 1. The number of rotatable bonds is 7. The van der Waals surface area contributed by atoms with E-state index < -0.39 is 5.97 Å². The molecule has 0 atom stereocenters. The molecule has 0 bridgehead atoms. The average Bonchev–Trinajstić information content (AvgIpc) is 2.87. The van der Waals surface area contributed by atoms with E-state index in [4.69, 9.17) is 9.84 Å². The number of fused-ring (bicyclic) bond motifs is 1. The Bertz CT molecular complexity index is 590. The lowest BCUT2D eigenvalue weighted by atomic mass is 10.3. The molecule has 0 fully saturated rings. The first-order chi connectivity index (χ1) is 9.65. The fraction of sp³-hybridized carbons (Fsp3) is 0.429. The van der Waals surface area contributed by atoms with Gasteiger partial charge >= 0.3 is 5.97 Å². The van der Waals surface area contributed by atoms with Gasteiger partial charge in [0.1, 0.15) is 17.7 Å². The van der Waals surface area contributed by atoms with E-state index in [0.29, 0.717) is 23.5 Å². The fourth-order valence-electron chi connectivity index (χ4n) is 2.04. The third-order valence-corrected chi connectivity index (χ3v) is 3.28. The summed E-state index contributed by atoms with van der Waals surface area (Å²) in [4.78, 5) is 20.4. The van der Waals surface area contributed by atoms with Crippen molar-refractivity contribution in [1.82, 2.24) is 14.9 Å². The second-order valence-electron chi connectivity index (χ2n) is 4.43. The van der Waals surface area contributed by atoms with Crippen LogP contribution in [0.4, 0.5) is 0 Å². The number of nitrogens with one attached hydrogen (secondary N) is 1. The van der Waals surface area contributed by atoms with E-state index in [9.17, 15) is 4.79 Å². The van der Waals surface area contributed by atoms with Crippen molar-refractivity contribution in [2.24, 2.45) is 0 Å². The van der Waals surface area contributed by atoms with Crippen LogP contribution in [-0.2, 0) is 0 Å². The number of nitrogens with zero attached hydrogens (tertiary/aromatic N) is 2. The van der Waals surface area contributed by atoms with Gasteiger partial charge in [0, 0.05) is 18.8 Å². The highest BCUT2D eigenvalue weighted by Crippen LogP contribution is 2.19. The van der Waals surface area contributed by atoms with E-state index in [1.54, 1.807) is 12.1 Å².